The van der Waals surface area contributed by atoms with E-state index in [4.69, 9.17) is 9.84 Å². The number of aliphatic carboxylic acids is 1. The Bertz CT molecular complexity index is 1070. The van der Waals surface area contributed by atoms with Crippen LogP contribution >= 0.6 is 0 Å². The number of anilines is 1. The number of urea groups is 1. The minimum absolute atomic E-state index is 0.427. The first kappa shape index (κ1) is 25.7. The van der Waals surface area contributed by atoms with E-state index in [0.717, 1.165) is 17.2 Å². The lowest BCUT2D eigenvalue weighted by Gasteiger charge is -2.38. The van der Waals surface area contributed by atoms with E-state index in [0.29, 0.717) is 5.69 Å². The Kier molecular flexibility index (Phi) is 8.42. The van der Waals surface area contributed by atoms with Gasteiger partial charge in [0, 0.05) is 19.2 Å². The zero-order valence-electron chi connectivity index (χ0n) is 18.8. The third kappa shape index (κ3) is 6.79. The van der Waals surface area contributed by atoms with E-state index >= 15 is 0 Å². The van der Waals surface area contributed by atoms with E-state index in [2.05, 4.69) is 16.0 Å². The molecule has 35 heavy (non-hydrogen) atoms. The van der Waals surface area contributed by atoms with Gasteiger partial charge in [0.15, 0.2) is 6.10 Å². The molecule has 5 atom stereocenters. The molecule has 0 saturated carbocycles. The summed E-state index contributed by atoms with van der Waals surface area (Å²) in [6.07, 6.45) is -5.46. The zero-order valence-corrected chi connectivity index (χ0v) is 18.8. The Morgan fingerprint density at radius 1 is 1.00 bits per heavy atom. The van der Waals surface area contributed by atoms with E-state index in [9.17, 15) is 29.7 Å². The Balaban J connectivity index is 1.57. The van der Waals surface area contributed by atoms with Crippen LogP contribution in [0.2, 0.25) is 0 Å². The summed E-state index contributed by atoms with van der Waals surface area (Å²) in [6.45, 7) is 0.741. The number of aliphatic hydroxyl groups is 3. The molecule has 0 aliphatic carbocycles. The first-order valence-electron chi connectivity index (χ1n) is 10.8. The number of hydrogen-bond acceptors (Lipinski definition) is 7. The normalized spacial score (nSPS) is 21.0. The van der Waals surface area contributed by atoms with Gasteiger partial charge in [0.05, 0.1) is 6.04 Å². The fourth-order valence-corrected chi connectivity index (χ4v) is 3.61. The molecule has 0 saturated heterocycles. The summed E-state index contributed by atoms with van der Waals surface area (Å²) in [4.78, 5) is 35.0. The number of carboxylic acids is 1. The first-order chi connectivity index (χ1) is 16.7. The lowest BCUT2D eigenvalue weighted by atomic mass is 9.93. The monoisotopic (exact) mass is 485 g/mol. The van der Waals surface area contributed by atoms with Gasteiger partial charge >= 0.3 is 12.0 Å². The molecule has 0 fully saturated rings. The summed E-state index contributed by atoms with van der Waals surface area (Å²) >= 11 is 0. The average molecular weight is 485 g/mol. The van der Waals surface area contributed by atoms with Gasteiger partial charge in [0.2, 0.25) is 11.7 Å². The number of carboxylic acid groups (broad SMARTS) is 1. The van der Waals surface area contributed by atoms with E-state index in [1.54, 1.807) is 12.1 Å². The van der Waals surface area contributed by atoms with Gasteiger partial charge in [-0.1, -0.05) is 42.5 Å². The molecular weight excluding hydrogens is 458 g/mol. The second kappa shape index (κ2) is 11.5. The molecule has 2 aromatic carbocycles. The fraction of sp³-hybridized carbons (Fsp3) is 0.292. The number of amides is 3. The Labute approximate surface area is 201 Å². The van der Waals surface area contributed by atoms with Gasteiger partial charge < -0.3 is 41.1 Å². The van der Waals surface area contributed by atoms with Gasteiger partial charge in [-0.3, -0.25) is 4.79 Å². The molecule has 0 unspecified atom stereocenters. The molecule has 11 nitrogen and oxygen atoms in total. The van der Waals surface area contributed by atoms with Crippen LogP contribution in [0.4, 0.5) is 10.5 Å². The zero-order chi connectivity index (χ0) is 25.5. The molecule has 0 bridgehead atoms. The molecule has 1 aliphatic heterocycles. The maximum Gasteiger partial charge on any atom is 0.370 e. The Hall–Kier alpha value is -3.93. The predicted octanol–water partition coefficient (Wildman–Crippen LogP) is 0.430. The highest BCUT2D eigenvalue weighted by Crippen LogP contribution is 2.23. The minimum atomic E-state index is -1.75. The highest BCUT2D eigenvalue weighted by Gasteiger charge is 2.43. The van der Waals surface area contributed by atoms with Crippen LogP contribution in [0.15, 0.2) is 66.4 Å². The summed E-state index contributed by atoms with van der Waals surface area (Å²) in [6, 6.07) is 14.9. The number of carbonyl (C=O) groups is 3. The molecule has 3 amide bonds. The molecule has 11 heteroatoms. The second-order valence-corrected chi connectivity index (χ2v) is 7.97. The standard InChI is InChI=1S/C24H27N3O8/c1-13(28)26-20-17(29)11-19(23(32)33)35-22(20)21(31)18(30)12-25-24(34)27-16-9-7-15(8-10-16)14-5-3-2-4-6-14/h2-11,17-18,20-22,29-31H,12H2,1H3,(H,26,28)(H,32,33)(H2,25,27,34)/t17-,18+,20+,21+,22+/m0/s1. The van der Waals surface area contributed by atoms with Crippen molar-refractivity contribution >= 4 is 23.6 Å². The smallest absolute Gasteiger partial charge is 0.370 e. The number of rotatable bonds is 8. The largest absolute Gasteiger partial charge is 0.478 e. The number of hydrogen-bond donors (Lipinski definition) is 7. The SMILES string of the molecule is CC(=O)N[C@H]1[C@H]([C@H](O)[C@H](O)CNC(=O)Nc2ccc(-c3ccccc3)cc2)OC(C(=O)O)=C[C@@H]1O. The van der Waals surface area contributed by atoms with Gasteiger partial charge in [-0.15, -0.1) is 0 Å². The first-order valence-corrected chi connectivity index (χ1v) is 10.8. The van der Waals surface area contributed by atoms with Crippen LogP contribution in [0.3, 0.4) is 0 Å². The van der Waals surface area contributed by atoms with Crippen molar-refractivity contribution in [1.82, 2.24) is 10.6 Å². The van der Waals surface area contributed by atoms with E-state index in [-0.39, 0.29) is 0 Å². The highest BCUT2D eigenvalue weighted by atomic mass is 16.5. The molecular formula is C24H27N3O8. The highest BCUT2D eigenvalue weighted by molar-refractivity contribution is 5.89. The lowest BCUT2D eigenvalue weighted by molar-refractivity contribution is -0.147. The number of aliphatic hydroxyl groups excluding tert-OH is 3. The summed E-state index contributed by atoms with van der Waals surface area (Å²) < 4.78 is 5.21. The molecule has 0 aromatic heterocycles. The van der Waals surface area contributed by atoms with Gasteiger partial charge in [-0.25, -0.2) is 9.59 Å². The molecule has 0 spiro atoms. The van der Waals surface area contributed by atoms with Crippen LogP contribution in [0.5, 0.6) is 0 Å². The third-order valence-electron chi connectivity index (χ3n) is 5.34. The summed E-state index contributed by atoms with van der Waals surface area (Å²) in [5.41, 5.74) is 2.49. The topological polar surface area (TPSA) is 177 Å². The van der Waals surface area contributed by atoms with Gasteiger partial charge in [-0.05, 0) is 29.3 Å². The van der Waals surface area contributed by atoms with Crippen molar-refractivity contribution in [2.45, 2.75) is 37.4 Å². The predicted molar refractivity (Wildman–Crippen MR) is 125 cm³/mol. The quantitative estimate of drug-likeness (QED) is 0.281. The second-order valence-electron chi connectivity index (χ2n) is 7.97. The fourth-order valence-electron chi connectivity index (χ4n) is 3.61. The number of carbonyl (C=O) groups excluding carboxylic acids is 2. The van der Waals surface area contributed by atoms with Crippen molar-refractivity contribution in [2.75, 3.05) is 11.9 Å². The molecule has 7 N–H and O–H groups in total. The number of ether oxygens (including phenoxy) is 1. The number of nitrogens with one attached hydrogen (secondary N) is 3. The van der Waals surface area contributed by atoms with E-state index < -0.39 is 60.7 Å². The van der Waals surface area contributed by atoms with Crippen molar-refractivity contribution in [1.29, 1.82) is 0 Å². The van der Waals surface area contributed by atoms with Crippen LogP contribution in [-0.2, 0) is 14.3 Å². The lowest BCUT2D eigenvalue weighted by Crippen LogP contribution is -2.60. The van der Waals surface area contributed by atoms with Crippen LogP contribution in [0.25, 0.3) is 11.1 Å². The summed E-state index contributed by atoms with van der Waals surface area (Å²) in [5.74, 6) is -2.69. The maximum absolute atomic E-state index is 12.2. The Morgan fingerprint density at radius 3 is 2.23 bits per heavy atom. The minimum Gasteiger partial charge on any atom is -0.478 e. The summed E-state index contributed by atoms with van der Waals surface area (Å²) in [5, 5.41) is 47.7. The van der Waals surface area contributed by atoms with Gasteiger partial charge in [0.1, 0.15) is 18.3 Å². The van der Waals surface area contributed by atoms with E-state index in [1.165, 1.54) is 6.92 Å². The summed E-state index contributed by atoms with van der Waals surface area (Å²) in [7, 11) is 0. The van der Waals surface area contributed by atoms with Crippen molar-refractivity contribution in [3.63, 3.8) is 0 Å². The van der Waals surface area contributed by atoms with Gasteiger partial charge in [0.25, 0.3) is 0 Å². The van der Waals surface area contributed by atoms with Crippen molar-refractivity contribution in [3.05, 3.63) is 66.4 Å². The molecule has 2 aromatic rings. The van der Waals surface area contributed by atoms with Crippen molar-refractivity contribution < 1.29 is 39.5 Å². The van der Waals surface area contributed by atoms with Crippen LogP contribution in [0, 0.1) is 0 Å². The van der Waals surface area contributed by atoms with Crippen LogP contribution in [-0.4, -0.2) is 75.3 Å². The molecule has 1 heterocycles. The molecule has 186 valence electrons. The van der Waals surface area contributed by atoms with Gasteiger partial charge in [-0.2, -0.15) is 0 Å². The van der Waals surface area contributed by atoms with Crippen LogP contribution in [0.1, 0.15) is 6.92 Å². The number of benzene rings is 2. The molecule has 3 rings (SSSR count). The molecule has 1 aliphatic rings. The maximum atomic E-state index is 12.2. The third-order valence-corrected chi connectivity index (χ3v) is 5.34. The van der Waals surface area contributed by atoms with Crippen molar-refractivity contribution in [3.8, 4) is 11.1 Å². The van der Waals surface area contributed by atoms with Crippen molar-refractivity contribution in [2.24, 2.45) is 0 Å². The van der Waals surface area contributed by atoms with Crippen LogP contribution < -0.4 is 16.0 Å². The Morgan fingerprint density at radius 2 is 1.63 bits per heavy atom. The van der Waals surface area contributed by atoms with E-state index in [1.807, 2.05) is 42.5 Å². The molecule has 0 radical (unpaired) electrons. The average Bonchev–Trinajstić information content (AvgIpc) is 2.83.